The molecule has 3 heterocycles. The quantitative estimate of drug-likeness (QED) is 0.688. The molecule has 1 amide bonds. The average molecular weight is 398 g/mol. The molecule has 0 saturated carbocycles. The molecule has 146 valence electrons. The molecule has 0 unspecified atom stereocenters. The van der Waals surface area contributed by atoms with Crippen LogP contribution in [0.1, 0.15) is 15.2 Å². The number of nitrogens with one attached hydrogen (secondary N) is 1. The van der Waals surface area contributed by atoms with Crippen LogP contribution in [0.3, 0.4) is 0 Å². The number of rotatable bonds is 6. The van der Waals surface area contributed by atoms with E-state index in [0.29, 0.717) is 23.1 Å². The van der Waals surface area contributed by atoms with Gasteiger partial charge in [0.1, 0.15) is 0 Å². The second-order valence-electron chi connectivity index (χ2n) is 6.66. The molecule has 7 nitrogen and oxygen atoms in total. The first-order valence-corrected chi connectivity index (χ1v) is 10.1. The Morgan fingerprint density at radius 3 is 2.75 bits per heavy atom. The maximum Gasteiger partial charge on any atom is 0.261 e. The van der Waals surface area contributed by atoms with Gasteiger partial charge in [-0.25, -0.2) is 0 Å². The molecule has 1 aromatic carbocycles. The third-order valence-electron chi connectivity index (χ3n) is 4.59. The van der Waals surface area contributed by atoms with Gasteiger partial charge in [0.05, 0.1) is 23.0 Å². The molecule has 0 bridgehead atoms. The van der Waals surface area contributed by atoms with Crippen molar-refractivity contribution >= 4 is 17.2 Å². The lowest BCUT2D eigenvalue weighted by Gasteiger charge is -2.26. The zero-order chi connectivity index (χ0) is 19.3. The summed E-state index contributed by atoms with van der Waals surface area (Å²) in [6.45, 7) is 6.83. The highest BCUT2D eigenvalue weighted by Crippen LogP contribution is 2.28. The van der Waals surface area contributed by atoms with Gasteiger partial charge in [-0.2, -0.15) is 4.98 Å². The fraction of sp³-hybridized carbons (Fsp3) is 0.350. The number of ether oxygens (including phenoxy) is 1. The number of hydrogen-bond acceptors (Lipinski definition) is 7. The number of aromatic nitrogens is 2. The number of carbonyl (C=O) groups excluding carboxylic acids is 1. The largest absolute Gasteiger partial charge is 0.379 e. The lowest BCUT2D eigenvalue weighted by atomic mass is 10.1. The Morgan fingerprint density at radius 1 is 1.18 bits per heavy atom. The van der Waals surface area contributed by atoms with E-state index in [1.54, 1.807) is 6.07 Å². The van der Waals surface area contributed by atoms with Gasteiger partial charge < -0.3 is 14.6 Å². The zero-order valence-corrected chi connectivity index (χ0v) is 16.5. The molecule has 0 spiro atoms. The lowest BCUT2D eigenvalue weighted by Crippen LogP contribution is -2.41. The number of hydrogen-bond donors (Lipinski definition) is 1. The Kier molecular flexibility index (Phi) is 5.80. The van der Waals surface area contributed by atoms with Crippen LogP contribution in [-0.4, -0.2) is 60.3 Å². The van der Waals surface area contributed by atoms with Crippen molar-refractivity contribution in [2.45, 2.75) is 6.92 Å². The van der Waals surface area contributed by atoms with Crippen LogP contribution in [0, 0.1) is 6.92 Å². The number of benzene rings is 1. The van der Waals surface area contributed by atoms with Gasteiger partial charge in [-0.05, 0) is 31.2 Å². The van der Waals surface area contributed by atoms with Crippen molar-refractivity contribution in [2.75, 3.05) is 39.4 Å². The van der Waals surface area contributed by atoms with E-state index < -0.39 is 0 Å². The molecule has 0 atom stereocenters. The van der Waals surface area contributed by atoms with E-state index in [4.69, 9.17) is 9.26 Å². The maximum absolute atomic E-state index is 12.4. The Labute approximate surface area is 167 Å². The highest BCUT2D eigenvalue weighted by atomic mass is 32.1. The van der Waals surface area contributed by atoms with Crippen molar-refractivity contribution in [3.05, 3.63) is 46.8 Å². The van der Waals surface area contributed by atoms with E-state index in [1.165, 1.54) is 16.9 Å². The Balaban J connectivity index is 1.36. The monoisotopic (exact) mass is 398 g/mol. The summed E-state index contributed by atoms with van der Waals surface area (Å²) in [4.78, 5) is 20.6. The summed E-state index contributed by atoms with van der Waals surface area (Å²) in [5.41, 5.74) is 2.05. The van der Waals surface area contributed by atoms with Crippen molar-refractivity contribution in [3.63, 3.8) is 0 Å². The molecule has 4 rings (SSSR count). The molecular weight excluding hydrogens is 376 g/mol. The van der Waals surface area contributed by atoms with Gasteiger partial charge >= 0.3 is 0 Å². The van der Waals surface area contributed by atoms with Gasteiger partial charge in [-0.1, -0.05) is 22.9 Å². The van der Waals surface area contributed by atoms with Crippen LogP contribution in [0.25, 0.3) is 22.2 Å². The molecule has 1 fully saturated rings. The van der Waals surface area contributed by atoms with Gasteiger partial charge in [0.2, 0.25) is 5.82 Å². The predicted octanol–water partition coefficient (Wildman–Crippen LogP) is 2.84. The topological polar surface area (TPSA) is 80.5 Å². The van der Waals surface area contributed by atoms with E-state index in [0.717, 1.165) is 43.3 Å². The summed E-state index contributed by atoms with van der Waals surface area (Å²) in [5.74, 6) is 0.889. The number of morpholine rings is 1. The van der Waals surface area contributed by atoms with E-state index >= 15 is 0 Å². The van der Waals surface area contributed by atoms with Crippen molar-refractivity contribution in [2.24, 2.45) is 0 Å². The van der Waals surface area contributed by atoms with Crippen molar-refractivity contribution in [3.8, 4) is 22.2 Å². The number of nitrogens with zero attached hydrogens (tertiary/aromatic N) is 3. The van der Waals surface area contributed by atoms with Gasteiger partial charge in [-0.15, -0.1) is 11.3 Å². The SMILES string of the molecule is Cc1ccc(-c2nc(-c3ccc(C(=O)NCCN4CCOCC4)s3)no2)cc1. The predicted molar refractivity (Wildman–Crippen MR) is 107 cm³/mol. The number of carbonyl (C=O) groups is 1. The molecule has 0 aliphatic carbocycles. The van der Waals surface area contributed by atoms with Crippen LogP contribution < -0.4 is 5.32 Å². The fourth-order valence-electron chi connectivity index (χ4n) is 2.96. The maximum atomic E-state index is 12.4. The summed E-state index contributed by atoms with van der Waals surface area (Å²) in [6.07, 6.45) is 0. The Morgan fingerprint density at radius 2 is 1.96 bits per heavy atom. The van der Waals surface area contributed by atoms with E-state index in [9.17, 15) is 4.79 Å². The van der Waals surface area contributed by atoms with Crippen molar-refractivity contribution < 1.29 is 14.1 Å². The number of amides is 1. The van der Waals surface area contributed by atoms with E-state index in [1.807, 2.05) is 37.3 Å². The Bertz CT molecular complexity index is 929. The lowest BCUT2D eigenvalue weighted by molar-refractivity contribution is 0.0383. The van der Waals surface area contributed by atoms with Gasteiger partial charge in [0.15, 0.2) is 0 Å². The molecule has 2 aromatic heterocycles. The third-order valence-corrected chi connectivity index (χ3v) is 5.67. The molecule has 1 N–H and O–H groups in total. The number of thiophene rings is 1. The first kappa shape index (κ1) is 18.8. The minimum atomic E-state index is -0.0771. The van der Waals surface area contributed by atoms with E-state index in [2.05, 4.69) is 20.4 Å². The van der Waals surface area contributed by atoms with Crippen LogP contribution in [0.2, 0.25) is 0 Å². The summed E-state index contributed by atoms with van der Waals surface area (Å²) < 4.78 is 10.7. The first-order chi connectivity index (χ1) is 13.7. The molecule has 28 heavy (non-hydrogen) atoms. The molecule has 1 aliphatic rings. The summed E-state index contributed by atoms with van der Waals surface area (Å²) in [5, 5.41) is 7.03. The molecule has 1 saturated heterocycles. The van der Waals surface area contributed by atoms with Crippen molar-refractivity contribution in [1.82, 2.24) is 20.4 Å². The first-order valence-electron chi connectivity index (χ1n) is 9.28. The minimum absolute atomic E-state index is 0.0771. The highest BCUT2D eigenvalue weighted by molar-refractivity contribution is 7.17. The van der Waals surface area contributed by atoms with Gasteiger partial charge in [0, 0.05) is 31.7 Å². The average Bonchev–Trinajstić information content (AvgIpc) is 3.39. The Hall–Kier alpha value is -2.55. The fourth-order valence-corrected chi connectivity index (χ4v) is 3.80. The summed E-state index contributed by atoms with van der Waals surface area (Å²) >= 11 is 1.36. The number of aryl methyl sites for hydroxylation is 1. The molecule has 0 radical (unpaired) electrons. The normalized spacial score (nSPS) is 14.9. The minimum Gasteiger partial charge on any atom is -0.379 e. The van der Waals surface area contributed by atoms with Crippen LogP contribution in [0.5, 0.6) is 0 Å². The molecule has 8 heteroatoms. The van der Waals surface area contributed by atoms with E-state index in [-0.39, 0.29) is 5.91 Å². The van der Waals surface area contributed by atoms with Crippen LogP contribution in [0.15, 0.2) is 40.9 Å². The smallest absolute Gasteiger partial charge is 0.261 e. The van der Waals surface area contributed by atoms with Crippen LogP contribution in [-0.2, 0) is 4.74 Å². The van der Waals surface area contributed by atoms with Crippen LogP contribution in [0.4, 0.5) is 0 Å². The van der Waals surface area contributed by atoms with Crippen LogP contribution >= 0.6 is 11.3 Å². The molecular formula is C20H22N4O3S. The highest BCUT2D eigenvalue weighted by Gasteiger charge is 2.16. The third kappa shape index (κ3) is 4.46. The summed E-state index contributed by atoms with van der Waals surface area (Å²) in [6, 6.07) is 11.6. The standard InChI is InChI=1S/C20H22N4O3S/c1-14-2-4-15(5-3-14)20-22-18(23-27-20)16-6-7-17(28-16)19(25)21-8-9-24-10-12-26-13-11-24/h2-7H,8-13H2,1H3,(H,21,25). The molecule has 3 aromatic rings. The second-order valence-corrected chi connectivity index (χ2v) is 7.75. The molecule has 1 aliphatic heterocycles. The van der Waals surface area contributed by atoms with Crippen molar-refractivity contribution in [1.29, 1.82) is 0 Å². The summed E-state index contributed by atoms with van der Waals surface area (Å²) in [7, 11) is 0. The zero-order valence-electron chi connectivity index (χ0n) is 15.7. The second kappa shape index (κ2) is 8.64. The van der Waals surface area contributed by atoms with Gasteiger partial charge in [0.25, 0.3) is 11.8 Å². The van der Waals surface area contributed by atoms with Gasteiger partial charge in [-0.3, -0.25) is 9.69 Å².